The van der Waals surface area contributed by atoms with E-state index in [1.54, 1.807) is 13.2 Å². The van der Waals surface area contributed by atoms with E-state index >= 15 is 0 Å². The van der Waals surface area contributed by atoms with Crippen LogP contribution in [0.25, 0.3) is 0 Å². The molecule has 1 amide bonds. The SMILES string of the molecule is COc1cccc(N2N=C(CN)CC2=O)c1. The van der Waals surface area contributed by atoms with Crippen LogP contribution < -0.4 is 15.5 Å². The number of rotatable bonds is 3. The van der Waals surface area contributed by atoms with Gasteiger partial charge in [-0.3, -0.25) is 4.79 Å². The second kappa shape index (κ2) is 4.32. The minimum atomic E-state index is -0.0614. The second-order valence-corrected chi connectivity index (χ2v) is 3.45. The van der Waals surface area contributed by atoms with Crippen molar-refractivity contribution in [3.63, 3.8) is 0 Å². The average molecular weight is 219 g/mol. The molecule has 0 atom stereocenters. The Kier molecular flexibility index (Phi) is 2.87. The van der Waals surface area contributed by atoms with Crippen LogP contribution in [0, 0.1) is 0 Å². The first-order valence-corrected chi connectivity index (χ1v) is 4.98. The molecule has 0 radical (unpaired) electrons. The van der Waals surface area contributed by atoms with E-state index in [9.17, 15) is 4.79 Å². The predicted octanol–water partition coefficient (Wildman–Crippen LogP) is 0.747. The fourth-order valence-corrected chi connectivity index (χ4v) is 1.54. The number of benzene rings is 1. The lowest BCUT2D eigenvalue weighted by Gasteiger charge is -2.12. The second-order valence-electron chi connectivity index (χ2n) is 3.45. The maximum atomic E-state index is 11.7. The molecule has 0 fully saturated rings. The fourth-order valence-electron chi connectivity index (χ4n) is 1.54. The lowest BCUT2D eigenvalue weighted by atomic mass is 10.2. The van der Waals surface area contributed by atoms with Gasteiger partial charge in [0.1, 0.15) is 5.75 Å². The molecule has 1 heterocycles. The summed E-state index contributed by atoms with van der Waals surface area (Å²) in [5.41, 5.74) is 6.86. The van der Waals surface area contributed by atoms with E-state index in [2.05, 4.69) is 5.10 Å². The Morgan fingerprint density at radius 2 is 2.38 bits per heavy atom. The van der Waals surface area contributed by atoms with Gasteiger partial charge in [0.25, 0.3) is 5.91 Å². The van der Waals surface area contributed by atoms with Crippen LogP contribution in [0.5, 0.6) is 5.75 Å². The monoisotopic (exact) mass is 219 g/mol. The molecular formula is C11H13N3O2. The molecule has 2 N–H and O–H groups in total. The molecule has 1 aliphatic rings. The number of nitrogens with two attached hydrogens (primary N) is 1. The van der Waals surface area contributed by atoms with Gasteiger partial charge in [0, 0.05) is 12.6 Å². The molecule has 84 valence electrons. The van der Waals surface area contributed by atoms with E-state index in [-0.39, 0.29) is 5.91 Å². The summed E-state index contributed by atoms with van der Waals surface area (Å²) in [6.07, 6.45) is 0.299. The number of anilines is 1. The summed E-state index contributed by atoms with van der Waals surface area (Å²) in [7, 11) is 1.58. The van der Waals surface area contributed by atoms with Gasteiger partial charge in [0.2, 0.25) is 0 Å². The number of ether oxygens (including phenoxy) is 1. The van der Waals surface area contributed by atoms with Crippen molar-refractivity contribution in [2.75, 3.05) is 18.7 Å². The summed E-state index contributed by atoms with van der Waals surface area (Å²) in [5.74, 6) is 0.635. The average Bonchev–Trinajstić information content (AvgIpc) is 2.71. The largest absolute Gasteiger partial charge is 0.497 e. The standard InChI is InChI=1S/C11H13N3O2/c1-16-10-4-2-3-9(6-10)14-11(15)5-8(7-12)13-14/h2-4,6H,5,7,12H2,1H3. The summed E-state index contributed by atoms with van der Waals surface area (Å²) in [5, 5.41) is 5.52. The van der Waals surface area contributed by atoms with E-state index in [1.807, 2.05) is 18.2 Å². The van der Waals surface area contributed by atoms with Crippen LogP contribution in [0.15, 0.2) is 29.4 Å². The molecule has 16 heavy (non-hydrogen) atoms. The molecule has 0 aromatic heterocycles. The number of methoxy groups -OCH3 is 1. The van der Waals surface area contributed by atoms with E-state index in [4.69, 9.17) is 10.5 Å². The molecule has 0 saturated carbocycles. The molecule has 0 spiro atoms. The molecule has 0 bridgehead atoms. The van der Waals surface area contributed by atoms with Crippen LogP contribution in [-0.4, -0.2) is 25.3 Å². The number of carbonyl (C=O) groups excluding carboxylic acids is 1. The third kappa shape index (κ3) is 1.90. The Bertz CT molecular complexity index is 443. The fraction of sp³-hybridized carbons (Fsp3) is 0.273. The summed E-state index contributed by atoms with van der Waals surface area (Å²) in [6.45, 7) is 0.312. The Balaban J connectivity index is 2.30. The summed E-state index contributed by atoms with van der Waals surface area (Å²) in [4.78, 5) is 11.7. The summed E-state index contributed by atoms with van der Waals surface area (Å²) < 4.78 is 5.09. The van der Waals surface area contributed by atoms with Gasteiger partial charge in [0.15, 0.2) is 0 Å². The lowest BCUT2D eigenvalue weighted by molar-refractivity contribution is -0.116. The van der Waals surface area contributed by atoms with Crippen LogP contribution in [0.2, 0.25) is 0 Å². The molecule has 5 nitrogen and oxygen atoms in total. The van der Waals surface area contributed by atoms with Gasteiger partial charge in [-0.2, -0.15) is 5.10 Å². The van der Waals surface area contributed by atoms with E-state index < -0.39 is 0 Å². The zero-order valence-corrected chi connectivity index (χ0v) is 9.01. The van der Waals surface area contributed by atoms with Crippen molar-refractivity contribution in [3.8, 4) is 5.75 Å². The highest BCUT2D eigenvalue weighted by Crippen LogP contribution is 2.24. The molecular weight excluding hydrogens is 206 g/mol. The highest BCUT2D eigenvalue weighted by atomic mass is 16.5. The topological polar surface area (TPSA) is 67.9 Å². The molecule has 2 rings (SSSR count). The number of hydrazone groups is 1. The van der Waals surface area contributed by atoms with Crippen molar-refractivity contribution in [3.05, 3.63) is 24.3 Å². The zero-order valence-electron chi connectivity index (χ0n) is 9.01. The Morgan fingerprint density at radius 1 is 1.56 bits per heavy atom. The molecule has 1 aromatic rings. The summed E-state index contributed by atoms with van der Waals surface area (Å²) >= 11 is 0. The van der Waals surface area contributed by atoms with Crippen molar-refractivity contribution >= 4 is 17.3 Å². The van der Waals surface area contributed by atoms with Crippen molar-refractivity contribution in [1.29, 1.82) is 0 Å². The maximum absolute atomic E-state index is 11.7. The molecule has 0 aliphatic carbocycles. The van der Waals surface area contributed by atoms with Gasteiger partial charge in [-0.25, -0.2) is 5.01 Å². The van der Waals surface area contributed by atoms with Gasteiger partial charge in [-0.15, -0.1) is 0 Å². The van der Waals surface area contributed by atoms with Crippen LogP contribution >= 0.6 is 0 Å². The molecule has 0 saturated heterocycles. The summed E-state index contributed by atoms with van der Waals surface area (Å²) in [6, 6.07) is 7.21. The third-order valence-electron chi connectivity index (χ3n) is 2.37. The molecule has 1 aliphatic heterocycles. The van der Waals surface area contributed by atoms with Crippen molar-refractivity contribution in [2.24, 2.45) is 10.8 Å². The van der Waals surface area contributed by atoms with Crippen molar-refractivity contribution in [2.45, 2.75) is 6.42 Å². The van der Waals surface area contributed by atoms with Gasteiger partial charge in [0.05, 0.1) is 24.9 Å². The third-order valence-corrected chi connectivity index (χ3v) is 2.37. The number of hydrogen-bond acceptors (Lipinski definition) is 4. The first-order valence-electron chi connectivity index (χ1n) is 4.98. The number of hydrogen-bond donors (Lipinski definition) is 1. The minimum Gasteiger partial charge on any atom is -0.497 e. The minimum absolute atomic E-state index is 0.0614. The Hall–Kier alpha value is -1.88. The van der Waals surface area contributed by atoms with Gasteiger partial charge >= 0.3 is 0 Å². The Labute approximate surface area is 93.5 Å². The normalized spacial score (nSPS) is 15.2. The number of amides is 1. The van der Waals surface area contributed by atoms with E-state index in [0.29, 0.717) is 30.1 Å². The van der Waals surface area contributed by atoms with Gasteiger partial charge < -0.3 is 10.5 Å². The first kappa shape index (κ1) is 10.6. The van der Waals surface area contributed by atoms with Crippen LogP contribution in [0.1, 0.15) is 6.42 Å². The quantitative estimate of drug-likeness (QED) is 0.815. The first-order chi connectivity index (χ1) is 7.74. The highest BCUT2D eigenvalue weighted by molar-refractivity contribution is 6.13. The number of carbonyl (C=O) groups is 1. The predicted molar refractivity (Wildman–Crippen MR) is 61.6 cm³/mol. The van der Waals surface area contributed by atoms with Crippen LogP contribution in [-0.2, 0) is 4.79 Å². The zero-order chi connectivity index (χ0) is 11.5. The molecule has 1 aromatic carbocycles. The van der Waals surface area contributed by atoms with Gasteiger partial charge in [-0.05, 0) is 12.1 Å². The van der Waals surface area contributed by atoms with Crippen molar-refractivity contribution in [1.82, 2.24) is 0 Å². The van der Waals surface area contributed by atoms with E-state index in [1.165, 1.54) is 5.01 Å². The molecule has 0 unspecified atom stereocenters. The van der Waals surface area contributed by atoms with Crippen LogP contribution in [0.4, 0.5) is 5.69 Å². The highest BCUT2D eigenvalue weighted by Gasteiger charge is 2.24. The number of nitrogens with zero attached hydrogens (tertiary/aromatic N) is 2. The molecule has 5 heteroatoms. The van der Waals surface area contributed by atoms with Gasteiger partial charge in [-0.1, -0.05) is 6.07 Å². The lowest BCUT2D eigenvalue weighted by Crippen LogP contribution is -2.19. The van der Waals surface area contributed by atoms with Crippen molar-refractivity contribution < 1.29 is 9.53 Å². The Morgan fingerprint density at radius 3 is 3.00 bits per heavy atom. The van der Waals surface area contributed by atoms with Crippen LogP contribution in [0.3, 0.4) is 0 Å². The van der Waals surface area contributed by atoms with E-state index in [0.717, 1.165) is 0 Å². The smallest absolute Gasteiger partial charge is 0.253 e. The maximum Gasteiger partial charge on any atom is 0.253 e.